The lowest BCUT2D eigenvalue weighted by atomic mass is 9.94. The number of nitrogens with zero attached hydrogens (tertiary/aromatic N) is 1. The Kier molecular flexibility index (Phi) is 11.4. The lowest BCUT2D eigenvalue weighted by Gasteiger charge is -2.43. The standard InChI is InChI=1S/C31H45N3O5/c1-8-9-13-20-32-27(36)26(23-14-11-10-12-15-23)34(30(2,3)4)28(37)25(33-29(38)39-31(5,6)7)21-22-16-18-24(35)19-17-22/h10-12,14-19,25-26,35H,8-9,13,20-21H2,1-7H3,(H,32,36)(H,33,38). The zero-order valence-corrected chi connectivity index (χ0v) is 24.4. The summed E-state index contributed by atoms with van der Waals surface area (Å²) in [5, 5.41) is 15.5. The van der Waals surface area contributed by atoms with E-state index in [4.69, 9.17) is 4.74 Å². The Bertz CT molecular complexity index is 1070. The van der Waals surface area contributed by atoms with Crippen molar-refractivity contribution in [3.05, 3.63) is 65.7 Å². The van der Waals surface area contributed by atoms with E-state index < -0.39 is 35.2 Å². The Morgan fingerprint density at radius 1 is 0.923 bits per heavy atom. The molecule has 8 heteroatoms. The fraction of sp³-hybridized carbons (Fsp3) is 0.516. The molecule has 0 aliphatic rings. The van der Waals surface area contributed by atoms with Crippen LogP contribution in [0, 0.1) is 0 Å². The molecule has 0 fully saturated rings. The summed E-state index contributed by atoms with van der Waals surface area (Å²) in [7, 11) is 0. The normalized spacial score (nSPS) is 13.2. The molecule has 2 atom stereocenters. The number of hydrogen-bond donors (Lipinski definition) is 3. The molecule has 0 saturated heterocycles. The number of aromatic hydroxyl groups is 1. The molecule has 0 bridgehead atoms. The number of rotatable bonds is 11. The number of nitrogens with one attached hydrogen (secondary N) is 2. The number of benzene rings is 2. The van der Waals surface area contributed by atoms with Gasteiger partial charge in [0.1, 0.15) is 23.4 Å². The van der Waals surface area contributed by atoms with Crippen molar-refractivity contribution in [2.75, 3.05) is 6.54 Å². The number of carbonyl (C=O) groups is 3. The smallest absolute Gasteiger partial charge is 0.408 e. The first-order valence-corrected chi connectivity index (χ1v) is 13.7. The van der Waals surface area contributed by atoms with Gasteiger partial charge >= 0.3 is 6.09 Å². The van der Waals surface area contributed by atoms with Crippen LogP contribution in [-0.4, -0.2) is 51.6 Å². The summed E-state index contributed by atoms with van der Waals surface area (Å²) < 4.78 is 5.47. The van der Waals surface area contributed by atoms with E-state index in [9.17, 15) is 19.5 Å². The highest BCUT2D eigenvalue weighted by molar-refractivity contribution is 5.92. The van der Waals surface area contributed by atoms with Gasteiger partial charge in [-0.25, -0.2) is 4.79 Å². The maximum atomic E-state index is 14.4. The van der Waals surface area contributed by atoms with Crippen LogP contribution in [0.4, 0.5) is 4.79 Å². The second-order valence-corrected chi connectivity index (χ2v) is 11.8. The van der Waals surface area contributed by atoms with Gasteiger partial charge in [-0.1, -0.05) is 62.2 Å². The molecule has 2 aromatic carbocycles. The zero-order chi connectivity index (χ0) is 29.2. The van der Waals surface area contributed by atoms with Crippen molar-refractivity contribution in [1.29, 1.82) is 0 Å². The molecule has 0 heterocycles. The minimum Gasteiger partial charge on any atom is -0.508 e. The minimum atomic E-state index is -1.03. The van der Waals surface area contributed by atoms with Crippen molar-refractivity contribution in [1.82, 2.24) is 15.5 Å². The number of phenols is 1. The van der Waals surface area contributed by atoms with Crippen molar-refractivity contribution < 1.29 is 24.2 Å². The van der Waals surface area contributed by atoms with E-state index >= 15 is 0 Å². The predicted molar refractivity (Wildman–Crippen MR) is 153 cm³/mol. The molecule has 2 aromatic rings. The van der Waals surface area contributed by atoms with E-state index in [-0.39, 0.29) is 18.1 Å². The van der Waals surface area contributed by atoms with Crippen molar-refractivity contribution >= 4 is 17.9 Å². The van der Waals surface area contributed by atoms with Crippen LogP contribution in [0.15, 0.2) is 54.6 Å². The van der Waals surface area contributed by atoms with Crippen LogP contribution in [0.2, 0.25) is 0 Å². The molecule has 214 valence electrons. The summed E-state index contributed by atoms with van der Waals surface area (Å²) in [4.78, 5) is 42.5. The highest BCUT2D eigenvalue weighted by Gasteiger charge is 2.41. The number of alkyl carbamates (subject to hydrolysis) is 1. The van der Waals surface area contributed by atoms with Gasteiger partial charge in [-0.3, -0.25) is 9.59 Å². The number of unbranched alkanes of at least 4 members (excludes halogenated alkanes) is 2. The first-order valence-electron chi connectivity index (χ1n) is 13.7. The van der Waals surface area contributed by atoms with Crippen molar-refractivity contribution in [3.63, 3.8) is 0 Å². The molecule has 0 radical (unpaired) electrons. The van der Waals surface area contributed by atoms with Gasteiger partial charge in [0.05, 0.1) is 0 Å². The van der Waals surface area contributed by atoms with Crippen LogP contribution in [0.3, 0.4) is 0 Å². The van der Waals surface area contributed by atoms with Gasteiger partial charge in [-0.2, -0.15) is 0 Å². The number of hydrogen-bond acceptors (Lipinski definition) is 5. The molecule has 0 spiro atoms. The average molecular weight is 540 g/mol. The number of ether oxygens (including phenoxy) is 1. The summed E-state index contributed by atoms with van der Waals surface area (Å²) in [6.07, 6.45) is 2.28. The first-order chi connectivity index (χ1) is 18.2. The van der Waals surface area contributed by atoms with Gasteiger partial charge < -0.3 is 25.4 Å². The van der Waals surface area contributed by atoms with Gasteiger partial charge in [0, 0.05) is 18.5 Å². The third kappa shape index (κ3) is 10.3. The van der Waals surface area contributed by atoms with E-state index in [1.807, 2.05) is 51.1 Å². The highest BCUT2D eigenvalue weighted by atomic mass is 16.6. The van der Waals surface area contributed by atoms with Gasteiger partial charge in [-0.15, -0.1) is 0 Å². The van der Waals surface area contributed by atoms with Crippen LogP contribution in [0.5, 0.6) is 5.75 Å². The van der Waals surface area contributed by atoms with Crippen LogP contribution >= 0.6 is 0 Å². The van der Waals surface area contributed by atoms with Crippen LogP contribution in [0.1, 0.15) is 84.9 Å². The summed E-state index contributed by atoms with van der Waals surface area (Å²) >= 11 is 0. The quantitative estimate of drug-likeness (QED) is 0.327. The molecule has 0 saturated carbocycles. The molecule has 39 heavy (non-hydrogen) atoms. The Hall–Kier alpha value is -3.55. The topological polar surface area (TPSA) is 108 Å². The molecule has 3 N–H and O–H groups in total. The van der Waals surface area contributed by atoms with E-state index in [0.717, 1.165) is 24.8 Å². The van der Waals surface area contributed by atoms with Crippen LogP contribution in [0.25, 0.3) is 0 Å². The molecule has 8 nitrogen and oxygen atoms in total. The Labute approximate surface area is 233 Å². The molecular formula is C31H45N3O5. The van der Waals surface area contributed by atoms with Crippen LogP contribution in [-0.2, 0) is 20.7 Å². The highest BCUT2D eigenvalue weighted by Crippen LogP contribution is 2.30. The van der Waals surface area contributed by atoms with E-state index in [0.29, 0.717) is 12.1 Å². The van der Waals surface area contributed by atoms with E-state index in [2.05, 4.69) is 17.6 Å². The Morgan fingerprint density at radius 2 is 1.54 bits per heavy atom. The van der Waals surface area contributed by atoms with Crippen molar-refractivity contribution in [2.45, 2.75) is 97.4 Å². The number of phenolic OH excluding ortho intramolecular Hbond substituents is 1. The molecular weight excluding hydrogens is 494 g/mol. The van der Waals surface area contributed by atoms with Gasteiger partial charge in [0.2, 0.25) is 11.8 Å². The van der Waals surface area contributed by atoms with Crippen molar-refractivity contribution in [2.24, 2.45) is 0 Å². The second kappa shape index (κ2) is 14.0. The maximum Gasteiger partial charge on any atom is 0.408 e. The summed E-state index contributed by atoms with van der Waals surface area (Å²) in [6.45, 7) is 13.5. The fourth-order valence-corrected chi connectivity index (χ4v) is 4.27. The minimum absolute atomic E-state index is 0.0990. The monoisotopic (exact) mass is 539 g/mol. The lowest BCUT2D eigenvalue weighted by molar-refractivity contribution is -0.148. The maximum absolute atomic E-state index is 14.4. The SMILES string of the molecule is CCCCCNC(=O)C(c1ccccc1)N(C(=O)C(Cc1ccc(O)cc1)NC(=O)OC(C)(C)C)C(C)(C)C. The predicted octanol–water partition coefficient (Wildman–Crippen LogP) is 5.50. The van der Waals surface area contributed by atoms with Gasteiger partial charge in [0.15, 0.2) is 0 Å². The molecule has 3 amide bonds. The fourth-order valence-electron chi connectivity index (χ4n) is 4.27. The second-order valence-electron chi connectivity index (χ2n) is 11.8. The third-order valence-corrected chi connectivity index (χ3v) is 6.03. The molecule has 0 aliphatic carbocycles. The molecule has 2 rings (SSSR count). The van der Waals surface area contributed by atoms with Crippen LogP contribution < -0.4 is 10.6 Å². The molecule has 2 unspecified atom stereocenters. The Morgan fingerprint density at radius 3 is 2.08 bits per heavy atom. The lowest BCUT2D eigenvalue weighted by Crippen LogP contribution is -2.59. The number of carbonyl (C=O) groups excluding carboxylic acids is 3. The molecule has 0 aromatic heterocycles. The zero-order valence-electron chi connectivity index (χ0n) is 24.4. The van der Waals surface area contributed by atoms with E-state index in [1.165, 1.54) is 12.1 Å². The summed E-state index contributed by atoms with van der Waals surface area (Å²) in [5.74, 6) is -0.595. The van der Waals surface area contributed by atoms with Gasteiger partial charge in [-0.05, 0) is 71.2 Å². The largest absolute Gasteiger partial charge is 0.508 e. The third-order valence-electron chi connectivity index (χ3n) is 6.03. The van der Waals surface area contributed by atoms with Crippen molar-refractivity contribution in [3.8, 4) is 5.75 Å². The average Bonchev–Trinajstić information content (AvgIpc) is 2.84. The number of amides is 3. The first kappa shape index (κ1) is 31.7. The van der Waals surface area contributed by atoms with Gasteiger partial charge in [0.25, 0.3) is 0 Å². The Balaban J connectivity index is 2.52. The summed E-state index contributed by atoms with van der Waals surface area (Å²) in [6, 6.07) is 13.7. The summed E-state index contributed by atoms with van der Waals surface area (Å²) in [5.41, 5.74) is -0.128. The van der Waals surface area contributed by atoms with E-state index in [1.54, 1.807) is 37.8 Å². The molecule has 0 aliphatic heterocycles.